The van der Waals surface area contributed by atoms with Crippen LogP contribution >= 0.6 is 23.2 Å². The molecule has 1 atom stereocenters. The Hall–Kier alpha value is -2.54. The highest BCUT2D eigenvalue weighted by Crippen LogP contribution is 2.34. The number of fused-ring (bicyclic) bond motifs is 1. The van der Waals surface area contributed by atoms with Crippen LogP contribution in [0.3, 0.4) is 0 Å². The summed E-state index contributed by atoms with van der Waals surface area (Å²) in [6.07, 6.45) is 1.64. The molecule has 3 N–H and O–H groups in total. The van der Waals surface area contributed by atoms with Crippen LogP contribution in [0.1, 0.15) is 22.0 Å². The first kappa shape index (κ1) is 17.9. The van der Waals surface area contributed by atoms with Crippen LogP contribution in [0.2, 0.25) is 10.2 Å². The van der Waals surface area contributed by atoms with E-state index in [2.05, 4.69) is 15.5 Å². The van der Waals surface area contributed by atoms with E-state index in [1.54, 1.807) is 35.4 Å². The lowest BCUT2D eigenvalue weighted by molar-refractivity contribution is 0.0598. The summed E-state index contributed by atoms with van der Waals surface area (Å²) in [6, 6.07) is 12.1. The second-order valence-corrected chi connectivity index (χ2v) is 7.04. The minimum atomic E-state index is -0.486. The van der Waals surface area contributed by atoms with Crippen molar-refractivity contribution in [2.24, 2.45) is 0 Å². The summed E-state index contributed by atoms with van der Waals surface area (Å²) in [7, 11) is 0. The normalized spacial score (nSPS) is 14.6. The average Bonchev–Trinajstić information content (AvgIpc) is 3.10. The maximum atomic E-state index is 13.0. The molecule has 0 unspecified atom stereocenters. The second-order valence-electron chi connectivity index (χ2n) is 6.22. The van der Waals surface area contributed by atoms with Gasteiger partial charge in [0.05, 0.1) is 31.1 Å². The van der Waals surface area contributed by atoms with Crippen molar-refractivity contribution in [1.29, 1.82) is 0 Å². The Bertz CT molecular complexity index is 1000. The fourth-order valence-electron chi connectivity index (χ4n) is 3.26. The molecule has 3 aromatic rings. The SMILES string of the molecule is O=C1c2ccc(-c3cn[nH]c3Cl)cc2NCN1[C@H](CO)c1cccc(Cl)c1. The molecule has 27 heavy (non-hydrogen) atoms. The van der Waals surface area contributed by atoms with Crippen molar-refractivity contribution in [2.45, 2.75) is 6.04 Å². The third-order valence-corrected chi connectivity index (χ3v) is 5.16. The first-order chi connectivity index (χ1) is 13.1. The molecule has 4 rings (SSSR count). The van der Waals surface area contributed by atoms with Gasteiger partial charge in [0.2, 0.25) is 0 Å². The van der Waals surface area contributed by atoms with E-state index in [4.69, 9.17) is 23.2 Å². The van der Waals surface area contributed by atoms with E-state index >= 15 is 0 Å². The Morgan fingerprint density at radius 2 is 2.04 bits per heavy atom. The number of rotatable bonds is 4. The maximum Gasteiger partial charge on any atom is 0.257 e. The standard InChI is InChI=1S/C19H16Cl2N4O2/c20-13-3-1-2-12(6-13)17(9-26)25-10-22-16-7-11(4-5-14(16)19(25)27)15-8-23-24-18(15)21/h1-8,17,22,26H,9-10H2,(H,23,24)/t17-/m1/s1. The molecule has 2 heterocycles. The molecule has 0 saturated heterocycles. The monoisotopic (exact) mass is 402 g/mol. The number of aromatic amines is 1. The number of hydrogen-bond donors (Lipinski definition) is 3. The van der Waals surface area contributed by atoms with Crippen molar-refractivity contribution in [3.8, 4) is 11.1 Å². The third-order valence-electron chi connectivity index (χ3n) is 4.64. The van der Waals surface area contributed by atoms with E-state index in [0.717, 1.165) is 16.7 Å². The number of H-pyrrole nitrogens is 1. The Morgan fingerprint density at radius 3 is 2.74 bits per heavy atom. The number of aliphatic hydroxyl groups excluding tert-OH is 1. The zero-order valence-electron chi connectivity index (χ0n) is 14.1. The first-order valence-corrected chi connectivity index (χ1v) is 9.08. The molecule has 0 saturated carbocycles. The van der Waals surface area contributed by atoms with Gasteiger partial charge in [0.1, 0.15) is 5.15 Å². The van der Waals surface area contributed by atoms with Crippen LogP contribution in [0.15, 0.2) is 48.7 Å². The molecule has 6 nitrogen and oxygen atoms in total. The lowest BCUT2D eigenvalue weighted by Crippen LogP contribution is -2.43. The molecule has 138 valence electrons. The van der Waals surface area contributed by atoms with Crippen molar-refractivity contribution in [3.05, 3.63) is 70.0 Å². The number of hydrogen-bond acceptors (Lipinski definition) is 4. The van der Waals surface area contributed by atoms with Crippen LogP contribution in [0, 0.1) is 0 Å². The fourth-order valence-corrected chi connectivity index (χ4v) is 3.67. The van der Waals surface area contributed by atoms with E-state index in [-0.39, 0.29) is 19.2 Å². The molecular formula is C19H16Cl2N4O2. The number of aromatic nitrogens is 2. The summed E-state index contributed by atoms with van der Waals surface area (Å²) in [5.74, 6) is -0.160. The van der Waals surface area contributed by atoms with E-state index in [0.29, 0.717) is 21.4 Å². The molecule has 1 aromatic heterocycles. The van der Waals surface area contributed by atoms with Gasteiger partial charge in [0.25, 0.3) is 5.91 Å². The third kappa shape index (κ3) is 3.27. The van der Waals surface area contributed by atoms with Crippen LogP contribution in [0.25, 0.3) is 11.1 Å². The van der Waals surface area contributed by atoms with E-state index in [9.17, 15) is 9.90 Å². The quantitative estimate of drug-likeness (QED) is 0.617. The van der Waals surface area contributed by atoms with Gasteiger partial charge in [-0.25, -0.2) is 0 Å². The minimum Gasteiger partial charge on any atom is -0.394 e. The van der Waals surface area contributed by atoms with E-state index in [1.165, 1.54) is 0 Å². The second kappa shape index (κ2) is 7.23. The molecular weight excluding hydrogens is 387 g/mol. The molecule has 8 heteroatoms. The molecule has 0 aliphatic carbocycles. The van der Waals surface area contributed by atoms with E-state index in [1.807, 2.05) is 18.2 Å². The van der Waals surface area contributed by atoms with Crippen LogP contribution in [0.4, 0.5) is 5.69 Å². The van der Waals surface area contributed by atoms with E-state index < -0.39 is 6.04 Å². The van der Waals surface area contributed by atoms with Gasteiger partial charge in [-0.3, -0.25) is 9.89 Å². The van der Waals surface area contributed by atoms with Crippen molar-refractivity contribution >= 4 is 34.8 Å². The van der Waals surface area contributed by atoms with Gasteiger partial charge < -0.3 is 15.3 Å². The van der Waals surface area contributed by atoms with Crippen molar-refractivity contribution in [3.63, 3.8) is 0 Å². The summed E-state index contributed by atoms with van der Waals surface area (Å²) >= 11 is 12.2. The van der Waals surface area contributed by atoms with Gasteiger partial charge in [-0.1, -0.05) is 41.4 Å². The van der Waals surface area contributed by atoms with Crippen molar-refractivity contribution < 1.29 is 9.90 Å². The number of carbonyl (C=O) groups is 1. The highest BCUT2D eigenvalue weighted by molar-refractivity contribution is 6.32. The number of nitrogens with zero attached hydrogens (tertiary/aromatic N) is 2. The van der Waals surface area contributed by atoms with Crippen molar-refractivity contribution in [2.75, 3.05) is 18.6 Å². The average molecular weight is 403 g/mol. The largest absolute Gasteiger partial charge is 0.394 e. The number of aliphatic hydroxyl groups is 1. The number of halogens is 2. The van der Waals surface area contributed by atoms with Crippen LogP contribution in [-0.2, 0) is 0 Å². The number of benzene rings is 2. The topological polar surface area (TPSA) is 81.2 Å². The zero-order valence-corrected chi connectivity index (χ0v) is 15.6. The summed E-state index contributed by atoms with van der Waals surface area (Å²) in [4.78, 5) is 14.6. The Balaban J connectivity index is 1.66. The van der Waals surface area contributed by atoms with Gasteiger partial charge in [-0.2, -0.15) is 5.10 Å². The van der Waals surface area contributed by atoms with Gasteiger partial charge in [-0.15, -0.1) is 0 Å². The predicted octanol–water partition coefficient (Wildman–Crippen LogP) is 3.94. The molecule has 0 fully saturated rings. The van der Waals surface area contributed by atoms with Gasteiger partial charge >= 0.3 is 0 Å². The zero-order chi connectivity index (χ0) is 19.0. The molecule has 0 bridgehead atoms. The number of amides is 1. The number of carbonyl (C=O) groups excluding carboxylic acids is 1. The Labute approximate surface area is 165 Å². The van der Waals surface area contributed by atoms with Gasteiger partial charge in [0, 0.05) is 16.3 Å². The Kier molecular flexibility index (Phi) is 4.78. The molecule has 2 aromatic carbocycles. The Morgan fingerprint density at radius 1 is 1.19 bits per heavy atom. The summed E-state index contributed by atoms with van der Waals surface area (Å²) in [6.45, 7) is 0.0674. The number of nitrogens with one attached hydrogen (secondary N) is 2. The molecule has 1 aliphatic rings. The summed E-state index contributed by atoms with van der Waals surface area (Å²) < 4.78 is 0. The highest BCUT2D eigenvalue weighted by atomic mass is 35.5. The molecule has 1 amide bonds. The summed E-state index contributed by atoms with van der Waals surface area (Å²) in [5, 5.41) is 20.8. The molecule has 1 aliphatic heterocycles. The summed E-state index contributed by atoms with van der Waals surface area (Å²) in [5.41, 5.74) is 3.66. The van der Waals surface area contributed by atoms with Gasteiger partial charge in [0.15, 0.2) is 0 Å². The highest BCUT2D eigenvalue weighted by Gasteiger charge is 2.31. The maximum absolute atomic E-state index is 13.0. The number of anilines is 1. The molecule has 0 radical (unpaired) electrons. The minimum absolute atomic E-state index is 0.160. The van der Waals surface area contributed by atoms with Crippen LogP contribution in [0.5, 0.6) is 0 Å². The van der Waals surface area contributed by atoms with Gasteiger partial charge in [-0.05, 0) is 35.4 Å². The van der Waals surface area contributed by atoms with Crippen molar-refractivity contribution in [1.82, 2.24) is 15.1 Å². The van der Waals surface area contributed by atoms with Crippen LogP contribution in [-0.4, -0.2) is 39.4 Å². The first-order valence-electron chi connectivity index (χ1n) is 8.33. The lowest BCUT2D eigenvalue weighted by atomic mass is 10.00. The van der Waals surface area contributed by atoms with Crippen LogP contribution < -0.4 is 5.32 Å². The smallest absolute Gasteiger partial charge is 0.257 e. The predicted molar refractivity (Wildman–Crippen MR) is 105 cm³/mol. The molecule has 0 spiro atoms. The lowest BCUT2D eigenvalue weighted by Gasteiger charge is -2.35. The fraction of sp³-hybridized carbons (Fsp3) is 0.158.